The van der Waals surface area contributed by atoms with E-state index in [0.717, 1.165) is 12.1 Å². The Kier molecular flexibility index (Phi) is 6.45. The molecule has 0 fully saturated rings. The second-order valence-corrected chi connectivity index (χ2v) is 2.98. The largest absolute Gasteiger partial charge is 0.374 e. The molecule has 0 saturated heterocycles. The molecule has 0 radical (unpaired) electrons. The van der Waals surface area contributed by atoms with Crippen LogP contribution < -0.4 is 5.73 Å². The lowest BCUT2D eigenvalue weighted by Gasteiger charge is -2.20. The van der Waals surface area contributed by atoms with Crippen LogP contribution in [-0.2, 0) is 4.74 Å². The number of nitrogens with zero attached hydrogens (tertiary/aromatic N) is 1. The first-order valence-electron chi connectivity index (χ1n) is 4.49. The molecular formula is C10H17ClN2O. The maximum absolute atomic E-state index is 5.89. The van der Waals surface area contributed by atoms with E-state index in [0.29, 0.717) is 0 Å². The van der Waals surface area contributed by atoms with Crippen molar-refractivity contribution in [3.05, 3.63) is 30.1 Å². The highest BCUT2D eigenvalue weighted by atomic mass is 35.5. The molecule has 0 saturated carbocycles. The number of rotatable bonds is 4. The van der Waals surface area contributed by atoms with Gasteiger partial charge in [0.05, 0.1) is 5.69 Å². The van der Waals surface area contributed by atoms with Gasteiger partial charge in [-0.3, -0.25) is 4.98 Å². The van der Waals surface area contributed by atoms with E-state index in [1.165, 1.54) is 0 Å². The van der Waals surface area contributed by atoms with Gasteiger partial charge in [0.15, 0.2) is 0 Å². The summed E-state index contributed by atoms with van der Waals surface area (Å²) in [5.41, 5.74) is 6.80. The topological polar surface area (TPSA) is 48.1 Å². The molecule has 80 valence electrons. The van der Waals surface area contributed by atoms with Crippen molar-refractivity contribution in [3.8, 4) is 0 Å². The third kappa shape index (κ3) is 3.25. The molecule has 2 N–H and O–H groups in total. The van der Waals surface area contributed by atoms with Gasteiger partial charge >= 0.3 is 0 Å². The Hall–Kier alpha value is -0.640. The normalized spacial score (nSPS) is 14.2. The summed E-state index contributed by atoms with van der Waals surface area (Å²) >= 11 is 0. The van der Waals surface area contributed by atoms with Crippen molar-refractivity contribution in [3.63, 3.8) is 0 Å². The fraction of sp³-hybridized carbons (Fsp3) is 0.500. The van der Waals surface area contributed by atoms with Crippen molar-refractivity contribution in [2.45, 2.75) is 25.5 Å². The third-order valence-corrected chi connectivity index (χ3v) is 2.09. The summed E-state index contributed by atoms with van der Waals surface area (Å²) in [6, 6.07) is 5.77. The highest BCUT2D eigenvalue weighted by Crippen LogP contribution is 2.18. The average Bonchev–Trinajstić information content (AvgIpc) is 2.20. The van der Waals surface area contributed by atoms with Crippen LogP contribution in [-0.4, -0.2) is 18.1 Å². The Balaban J connectivity index is 0.00000169. The molecule has 14 heavy (non-hydrogen) atoms. The second kappa shape index (κ2) is 6.76. The molecule has 0 amide bonds. The van der Waals surface area contributed by atoms with E-state index in [4.69, 9.17) is 10.5 Å². The van der Waals surface area contributed by atoms with E-state index in [-0.39, 0.29) is 24.6 Å². The predicted octanol–water partition coefficient (Wildman–Crippen LogP) is 1.93. The van der Waals surface area contributed by atoms with Crippen molar-refractivity contribution >= 4 is 12.4 Å². The van der Waals surface area contributed by atoms with Gasteiger partial charge in [0.1, 0.15) is 6.10 Å². The van der Waals surface area contributed by atoms with Gasteiger partial charge in [-0.1, -0.05) is 13.0 Å². The maximum atomic E-state index is 5.89. The predicted molar refractivity (Wildman–Crippen MR) is 59.5 cm³/mol. The van der Waals surface area contributed by atoms with Crippen LogP contribution in [0.1, 0.15) is 25.1 Å². The molecule has 0 spiro atoms. The average molecular weight is 217 g/mol. The SMILES string of the molecule is CC[C@H](N)C(OC)c1ccccn1.Cl. The van der Waals surface area contributed by atoms with Crippen molar-refractivity contribution in [2.24, 2.45) is 5.73 Å². The van der Waals surface area contributed by atoms with Crippen LogP contribution in [0.15, 0.2) is 24.4 Å². The smallest absolute Gasteiger partial charge is 0.114 e. The van der Waals surface area contributed by atoms with Crippen LogP contribution in [0.2, 0.25) is 0 Å². The summed E-state index contributed by atoms with van der Waals surface area (Å²) in [5, 5.41) is 0. The number of halogens is 1. The zero-order valence-corrected chi connectivity index (χ0v) is 9.33. The second-order valence-electron chi connectivity index (χ2n) is 2.98. The van der Waals surface area contributed by atoms with Gasteiger partial charge in [0.2, 0.25) is 0 Å². The zero-order chi connectivity index (χ0) is 9.68. The first-order chi connectivity index (χ1) is 6.29. The third-order valence-electron chi connectivity index (χ3n) is 2.09. The van der Waals surface area contributed by atoms with Crippen LogP contribution >= 0.6 is 12.4 Å². The lowest BCUT2D eigenvalue weighted by molar-refractivity contribution is 0.0757. The van der Waals surface area contributed by atoms with Gasteiger partial charge in [0.25, 0.3) is 0 Å². The van der Waals surface area contributed by atoms with Gasteiger partial charge in [-0.25, -0.2) is 0 Å². The maximum Gasteiger partial charge on any atom is 0.114 e. The number of methoxy groups -OCH3 is 1. The van der Waals surface area contributed by atoms with Gasteiger partial charge in [-0.05, 0) is 18.6 Å². The molecule has 1 heterocycles. The number of hydrogen-bond acceptors (Lipinski definition) is 3. The summed E-state index contributed by atoms with van der Waals surface area (Å²) in [6.07, 6.45) is 2.55. The fourth-order valence-corrected chi connectivity index (χ4v) is 1.27. The fourth-order valence-electron chi connectivity index (χ4n) is 1.27. The van der Waals surface area contributed by atoms with Crippen molar-refractivity contribution in [2.75, 3.05) is 7.11 Å². The molecular weight excluding hydrogens is 200 g/mol. The van der Waals surface area contributed by atoms with E-state index in [2.05, 4.69) is 4.98 Å². The number of nitrogens with two attached hydrogens (primary N) is 1. The highest BCUT2D eigenvalue weighted by molar-refractivity contribution is 5.85. The van der Waals surface area contributed by atoms with Gasteiger partial charge in [-0.15, -0.1) is 12.4 Å². The monoisotopic (exact) mass is 216 g/mol. The Morgan fingerprint density at radius 3 is 2.64 bits per heavy atom. The van der Waals surface area contributed by atoms with Crippen molar-refractivity contribution < 1.29 is 4.74 Å². The highest BCUT2D eigenvalue weighted by Gasteiger charge is 2.18. The van der Waals surface area contributed by atoms with Crippen LogP contribution in [0.4, 0.5) is 0 Å². The molecule has 1 aromatic rings. The molecule has 4 heteroatoms. The van der Waals surface area contributed by atoms with Gasteiger partial charge in [0, 0.05) is 19.3 Å². The van der Waals surface area contributed by atoms with E-state index in [9.17, 15) is 0 Å². The standard InChI is InChI=1S/C10H16N2O.ClH/c1-3-8(11)10(13-2)9-6-4-5-7-12-9;/h4-8,10H,3,11H2,1-2H3;1H/t8-,10?;/m0./s1. The van der Waals surface area contributed by atoms with E-state index < -0.39 is 0 Å². The van der Waals surface area contributed by atoms with Crippen molar-refractivity contribution in [1.29, 1.82) is 0 Å². The van der Waals surface area contributed by atoms with E-state index in [1.54, 1.807) is 13.3 Å². The van der Waals surface area contributed by atoms with Crippen molar-refractivity contribution in [1.82, 2.24) is 4.98 Å². The molecule has 0 aromatic carbocycles. The Labute approximate surface area is 91.1 Å². The quantitative estimate of drug-likeness (QED) is 0.837. The zero-order valence-electron chi connectivity index (χ0n) is 8.51. The Morgan fingerprint density at radius 2 is 2.21 bits per heavy atom. The Bertz CT molecular complexity index is 243. The number of ether oxygens (including phenoxy) is 1. The lowest BCUT2D eigenvalue weighted by Crippen LogP contribution is -2.29. The number of pyridine rings is 1. The molecule has 1 rings (SSSR count). The summed E-state index contributed by atoms with van der Waals surface area (Å²) in [5.74, 6) is 0. The minimum atomic E-state index is -0.0915. The van der Waals surface area contributed by atoms with E-state index in [1.807, 2.05) is 25.1 Å². The molecule has 0 bridgehead atoms. The van der Waals surface area contributed by atoms with Crippen LogP contribution in [0.5, 0.6) is 0 Å². The summed E-state index contributed by atoms with van der Waals surface area (Å²) in [4.78, 5) is 4.21. The summed E-state index contributed by atoms with van der Waals surface area (Å²) < 4.78 is 5.30. The molecule has 0 aliphatic rings. The molecule has 0 aliphatic carbocycles. The Morgan fingerprint density at radius 1 is 1.50 bits per heavy atom. The minimum absolute atomic E-state index is 0. The van der Waals surface area contributed by atoms with E-state index >= 15 is 0 Å². The number of aromatic nitrogens is 1. The minimum Gasteiger partial charge on any atom is -0.374 e. The van der Waals surface area contributed by atoms with Crippen LogP contribution in [0.25, 0.3) is 0 Å². The summed E-state index contributed by atoms with van der Waals surface area (Å²) in [6.45, 7) is 2.04. The molecule has 1 unspecified atom stereocenters. The molecule has 2 atom stereocenters. The first kappa shape index (κ1) is 13.4. The molecule has 3 nitrogen and oxygen atoms in total. The molecule has 0 aliphatic heterocycles. The lowest BCUT2D eigenvalue weighted by atomic mass is 10.1. The molecule has 1 aromatic heterocycles. The van der Waals surface area contributed by atoms with Gasteiger partial charge < -0.3 is 10.5 Å². The first-order valence-corrected chi connectivity index (χ1v) is 4.49. The summed E-state index contributed by atoms with van der Waals surface area (Å²) in [7, 11) is 1.66. The number of hydrogen-bond donors (Lipinski definition) is 1. The van der Waals surface area contributed by atoms with Crippen LogP contribution in [0, 0.1) is 0 Å². The van der Waals surface area contributed by atoms with Crippen LogP contribution in [0.3, 0.4) is 0 Å². The van der Waals surface area contributed by atoms with Gasteiger partial charge in [-0.2, -0.15) is 0 Å².